The fraction of sp³-hybridized carbons (Fsp3) is 0.923. The molecule has 2 rings (SSSR count). The molecule has 1 saturated heterocycles. The van der Waals surface area contributed by atoms with Crippen LogP contribution in [-0.2, 0) is 4.79 Å². The molecule has 0 bridgehead atoms. The topological polar surface area (TPSA) is 61.4 Å². The number of aliphatic hydroxyl groups is 1. The van der Waals surface area contributed by atoms with E-state index in [0.29, 0.717) is 5.41 Å². The molecule has 3 atom stereocenters. The molecule has 0 aromatic rings. The van der Waals surface area contributed by atoms with Crippen molar-refractivity contribution in [2.75, 3.05) is 26.0 Å². The van der Waals surface area contributed by atoms with Gasteiger partial charge in [-0.3, -0.25) is 4.79 Å². The minimum Gasteiger partial charge on any atom is -0.395 e. The van der Waals surface area contributed by atoms with Gasteiger partial charge >= 0.3 is 0 Å². The van der Waals surface area contributed by atoms with Crippen LogP contribution >= 0.6 is 11.8 Å². The number of hydrogen-bond acceptors (Lipinski definition) is 4. The van der Waals surface area contributed by atoms with Crippen LogP contribution in [0.3, 0.4) is 0 Å². The minimum absolute atomic E-state index is 0.0388. The molecule has 3 N–H and O–H groups in total. The maximum Gasteiger partial charge on any atom is 0.223 e. The monoisotopic (exact) mass is 272 g/mol. The third-order valence-corrected chi connectivity index (χ3v) is 5.68. The minimum atomic E-state index is 0.0388. The molecule has 5 heteroatoms. The normalized spacial score (nSPS) is 28.7. The van der Waals surface area contributed by atoms with Crippen molar-refractivity contribution >= 4 is 17.7 Å². The van der Waals surface area contributed by atoms with Crippen molar-refractivity contribution < 1.29 is 9.90 Å². The molecule has 0 aromatic heterocycles. The average molecular weight is 272 g/mol. The van der Waals surface area contributed by atoms with E-state index < -0.39 is 0 Å². The Balaban J connectivity index is 1.82. The Kier molecular flexibility index (Phi) is 4.56. The number of nitrogens with one attached hydrogen (secondary N) is 2. The standard InChI is InChI=1S/C13H24N2O2S/c1-9(11(8-16)18-2)15-12(17)10-7-13(10)3-5-14-6-4-13/h9-11,14,16H,3-8H2,1-2H3,(H,15,17). The Morgan fingerprint density at radius 3 is 2.78 bits per heavy atom. The van der Waals surface area contributed by atoms with Crippen LogP contribution in [0.5, 0.6) is 0 Å². The average Bonchev–Trinajstić information content (AvgIpc) is 3.05. The Hall–Kier alpha value is -0.260. The second-order valence-corrected chi connectivity index (χ2v) is 6.70. The van der Waals surface area contributed by atoms with Gasteiger partial charge in [0.05, 0.1) is 6.61 Å². The Bertz CT molecular complexity index is 301. The molecule has 1 saturated carbocycles. The molecule has 2 fully saturated rings. The van der Waals surface area contributed by atoms with Crippen LogP contribution in [-0.4, -0.2) is 48.3 Å². The molecule has 1 amide bonds. The number of rotatable bonds is 5. The first-order valence-electron chi connectivity index (χ1n) is 6.78. The molecule has 18 heavy (non-hydrogen) atoms. The van der Waals surface area contributed by atoms with Gasteiger partial charge in [-0.25, -0.2) is 0 Å². The molecule has 0 aromatic carbocycles. The van der Waals surface area contributed by atoms with E-state index in [1.165, 1.54) is 0 Å². The first-order chi connectivity index (χ1) is 8.63. The van der Waals surface area contributed by atoms with Gasteiger partial charge in [-0.15, -0.1) is 0 Å². The number of carbonyl (C=O) groups is 1. The number of thioether (sulfide) groups is 1. The molecular formula is C13H24N2O2S. The lowest BCUT2D eigenvalue weighted by Gasteiger charge is -2.25. The third kappa shape index (κ3) is 2.83. The van der Waals surface area contributed by atoms with Gasteiger partial charge in [-0.1, -0.05) is 0 Å². The van der Waals surface area contributed by atoms with E-state index in [2.05, 4.69) is 10.6 Å². The van der Waals surface area contributed by atoms with Gasteiger partial charge in [0.2, 0.25) is 5.91 Å². The molecule has 3 unspecified atom stereocenters. The summed E-state index contributed by atoms with van der Waals surface area (Å²) in [6.07, 6.45) is 5.28. The molecule has 1 spiro atoms. The van der Waals surface area contributed by atoms with E-state index in [9.17, 15) is 9.90 Å². The maximum absolute atomic E-state index is 12.2. The SMILES string of the molecule is CSC(CO)C(C)NC(=O)C1CC12CCNCC2. The molecule has 4 nitrogen and oxygen atoms in total. The summed E-state index contributed by atoms with van der Waals surface area (Å²) in [5, 5.41) is 15.7. The highest BCUT2D eigenvalue weighted by Crippen LogP contribution is 2.58. The lowest BCUT2D eigenvalue weighted by atomic mass is 9.91. The number of amides is 1. The summed E-state index contributed by atoms with van der Waals surface area (Å²) in [7, 11) is 0. The molecule has 1 heterocycles. The van der Waals surface area contributed by atoms with Crippen molar-refractivity contribution in [3.63, 3.8) is 0 Å². The Morgan fingerprint density at radius 2 is 2.22 bits per heavy atom. The second kappa shape index (κ2) is 5.80. The summed E-state index contributed by atoms with van der Waals surface area (Å²) < 4.78 is 0. The van der Waals surface area contributed by atoms with E-state index >= 15 is 0 Å². The van der Waals surface area contributed by atoms with Gasteiger partial charge in [-0.2, -0.15) is 11.8 Å². The van der Waals surface area contributed by atoms with Crippen molar-refractivity contribution in [3.05, 3.63) is 0 Å². The van der Waals surface area contributed by atoms with Gasteiger partial charge in [-0.05, 0) is 50.9 Å². The molecule has 0 radical (unpaired) electrons. The summed E-state index contributed by atoms with van der Waals surface area (Å²) >= 11 is 1.60. The first-order valence-corrected chi connectivity index (χ1v) is 8.06. The number of carbonyl (C=O) groups excluding carboxylic acids is 1. The van der Waals surface area contributed by atoms with E-state index in [1.807, 2.05) is 13.2 Å². The van der Waals surface area contributed by atoms with Crippen LogP contribution in [0.1, 0.15) is 26.2 Å². The Morgan fingerprint density at radius 1 is 1.56 bits per heavy atom. The highest BCUT2D eigenvalue weighted by atomic mass is 32.2. The highest BCUT2D eigenvalue weighted by Gasteiger charge is 2.57. The second-order valence-electron chi connectivity index (χ2n) is 5.62. The third-order valence-electron chi connectivity index (χ3n) is 4.52. The smallest absolute Gasteiger partial charge is 0.223 e. The summed E-state index contributed by atoms with van der Waals surface area (Å²) in [6.45, 7) is 4.18. The van der Waals surface area contributed by atoms with Crippen LogP contribution in [0.15, 0.2) is 0 Å². The predicted molar refractivity (Wildman–Crippen MR) is 74.6 cm³/mol. The molecule has 1 aliphatic carbocycles. The summed E-state index contributed by atoms with van der Waals surface area (Å²) in [5.74, 6) is 0.403. The summed E-state index contributed by atoms with van der Waals surface area (Å²) in [5.41, 5.74) is 0.295. The van der Waals surface area contributed by atoms with Gasteiger partial charge in [0, 0.05) is 17.2 Å². The first kappa shape index (κ1) is 14.2. The maximum atomic E-state index is 12.2. The molecule has 104 valence electrons. The predicted octanol–water partition coefficient (Wildman–Crippen LogP) is 0.605. The van der Waals surface area contributed by atoms with E-state index in [4.69, 9.17) is 0 Å². The highest BCUT2D eigenvalue weighted by molar-refractivity contribution is 7.99. The van der Waals surface area contributed by atoms with Gasteiger partial charge in [0.15, 0.2) is 0 Å². The quantitative estimate of drug-likeness (QED) is 0.686. The van der Waals surface area contributed by atoms with Crippen molar-refractivity contribution in [1.82, 2.24) is 10.6 Å². The zero-order chi connectivity index (χ0) is 13.2. The summed E-state index contributed by atoms with van der Waals surface area (Å²) in [4.78, 5) is 12.2. The lowest BCUT2D eigenvalue weighted by Crippen LogP contribution is -2.43. The molecule has 1 aliphatic heterocycles. The van der Waals surface area contributed by atoms with Gasteiger partial charge in [0.1, 0.15) is 0 Å². The van der Waals surface area contributed by atoms with Crippen molar-refractivity contribution in [2.45, 2.75) is 37.5 Å². The van der Waals surface area contributed by atoms with Crippen LogP contribution in [0.25, 0.3) is 0 Å². The fourth-order valence-electron chi connectivity index (χ4n) is 3.05. The van der Waals surface area contributed by atoms with E-state index in [-0.39, 0.29) is 29.7 Å². The zero-order valence-corrected chi connectivity index (χ0v) is 12.1. The van der Waals surface area contributed by atoms with Crippen LogP contribution in [0.4, 0.5) is 0 Å². The van der Waals surface area contributed by atoms with E-state index in [0.717, 1.165) is 32.4 Å². The Labute approximate surface area is 113 Å². The van der Waals surface area contributed by atoms with Crippen LogP contribution in [0, 0.1) is 11.3 Å². The zero-order valence-electron chi connectivity index (χ0n) is 11.2. The largest absolute Gasteiger partial charge is 0.395 e. The number of aliphatic hydroxyl groups excluding tert-OH is 1. The molecule has 2 aliphatic rings. The molecular weight excluding hydrogens is 248 g/mol. The number of piperidine rings is 1. The van der Waals surface area contributed by atoms with Crippen LogP contribution in [0.2, 0.25) is 0 Å². The lowest BCUT2D eigenvalue weighted by molar-refractivity contribution is -0.123. The van der Waals surface area contributed by atoms with Gasteiger partial charge in [0.25, 0.3) is 0 Å². The summed E-state index contributed by atoms with van der Waals surface area (Å²) in [6, 6.07) is 0.0388. The van der Waals surface area contributed by atoms with Gasteiger partial charge < -0.3 is 15.7 Å². The van der Waals surface area contributed by atoms with Crippen molar-refractivity contribution in [3.8, 4) is 0 Å². The fourth-order valence-corrected chi connectivity index (χ4v) is 3.68. The van der Waals surface area contributed by atoms with Crippen LogP contribution < -0.4 is 10.6 Å². The van der Waals surface area contributed by atoms with Crippen molar-refractivity contribution in [2.24, 2.45) is 11.3 Å². The van der Waals surface area contributed by atoms with Crippen molar-refractivity contribution in [1.29, 1.82) is 0 Å². The van der Waals surface area contributed by atoms with E-state index in [1.54, 1.807) is 11.8 Å². The number of hydrogen-bond donors (Lipinski definition) is 3.